The molecule has 86 valence electrons. The van der Waals surface area contributed by atoms with Gasteiger partial charge in [-0.3, -0.25) is 4.79 Å². The van der Waals surface area contributed by atoms with Crippen LogP contribution in [0.5, 0.6) is 0 Å². The first kappa shape index (κ1) is 11.9. The van der Waals surface area contributed by atoms with Gasteiger partial charge in [0, 0.05) is 18.1 Å². The van der Waals surface area contributed by atoms with Crippen LogP contribution in [0.2, 0.25) is 5.02 Å². The number of carbonyl (C=O) groups is 1. The van der Waals surface area contributed by atoms with E-state index in [0.717, 1.165) is 30.0 Å². The Morgan fingerprint density at radius 2 is 2.19 bits per heavy atom. The molecule has 1 fully saturated rings. The first-order valence-electron chi connectivity index (χ1n) is 5.35. The van der Waals surface area contributed by atoms with Crippen molar-refractivity contribution in [3.05, 3.63) is 34.9 Å². The zero-order valence-electron chi connectivity index (χ0n) is 8.83. The highest BCUT2D eigenvalue weighted by molar-refractivity contribution is 9.10. The fourth-order valence-corrected chi connectivity index (χ4v) is 2.69. The molecule has 1 atom stereocenters. The lowest BCUT2D eigenvalue weighted by Gasteiger charge is -2.30. The molecule has 1 heterocycles. The van der Waals surface area contributed by atoms with Gasteiger partial charge in [0.2, 0.25) is 5.91 Å². The molecule has 1 unspecified atom stereocenters. The first-order valence-corrected chi connectivity index (χ1v) is 6.64. The lowest BCUT2D eigenvalue weighted by Crippen LogP contribution is -2.41. The Morgan fingerprint density at radius 1 is 1.44 bits per heavy atom. The van der Waals surface area contributed by atoms with E-state index in [2.05, 4.69) is 15.9 Å². The molecular weight excluding hydrogens is 289 g/mol. The molecule has 0 aliphatic carbocycles. The Morgan fingerprint density at radius 3 is 2.94 bits per heavy atom. The molecule has 1 aliphatic rings. The van der Waals surface area contributed by atoms with Gasteiger partial charge in [0.15, 0.2) is 0 Å². The summed E-state index contributed by atoms with van der Waals surface area (Å²) < 4.78 is 0. The zero-order valence-corrected chi connectivity index (χ0v) is 11.2. The molecule has 2 rings (SSSR count). The monoisotopic (exact) mass is 301 g/mol. The number of amides is 1. The number of piperidine rings is 1. The van der Waals surface area contributed by atoms with Crippen LogP contribution in [0.25, 0.3) is 0 Å². The molecule has 2 nitrogen and oxygen atoms in total. The van der Waals surface area contributed by atoms with Crippen LogP contribution in [0.3, 0.4) is 0 Å². The quantitative estimate of drug-likeness (QED) is 0.768. The number of rotatable bonds is 2. The van der Waals surface area contributed by atoms with Gasteiger partial charge in [-0.05, 0) is 24.5 Å². The zero-order chi connectivity index (χ0) is 11.5. The third kappa shape index (κ3) is 2.58. The number of nitrogens with zero attached hydrogens (tertiary/aromatic N) is 1. The number of likely N-dealkylation sites (tertiary alicyclic amines) is 1. The van der Waals surface area contributed by atoms with Crippen molar-refractivity contribution >= 4 is 33.4 Å². The summed E-state index contributed by atoms with van der Waals surface area (Å²) in [6.07, 6.45) is 1.98. The van der Waals surface area contributed by atoms with Crippen molar-refractivity contribution in [1.82, 2.24) is 4.90 Å². The molecule has 0 N–H and O–H groups in total. The van der Waals surface area contributed by atoms with Gasteiger partial charge in [-0.2, -0.15) is 0 Å². The molecule has 4 heteroatoms. The van der Waals surface area contributed by atoms with Gasteiger partial charge in [0.05, 0.1) is 4.83 Å². The average molecular weight is 303 g/mol. The fourth-order valence-electron chi connectivity index (χ4n) is 1.88. The maximum atomic E-state index is 11.9. The normalized spacial score (nSPS) is 21.2. The van der Waals surface area contributed by atoms with Crippen LogP contribution in [-0.2, 0) is 11.3 Å². The van der Waals surface area contributed by atoms with E-state index in [0.29, 0.717) is 6.54 Å². The van der Waals surface area contributed by atoms with E-state index >= 15 is 0 Å². The van der Waals surface area contributed by atoms with E-state index in [1.54, 1.807) is 0 Å². The number of hydrogen-bond acceptors (Lipinski definition) is 1. The van der Waals surface area contributed by atoms with E-state index in [-0.39, 0.29) is 10.7 Å². The minimum Gasteiger partial charge on any atom is -0.337 e. The molecule has 1 aromatic carbocycles. The summed E-state index contributed by atoms with van der Waals surface area (Å²) in [4.78, 5) is 13.7. The van der Waals surface area contributed by atoms with E-state index in [4.69, 9.17) is 11.6 Å². The molecule has 1 aliphatic heterocycles. The Balaban J connectivity index is 2.10. The molecule has 0 spiro atoms. The molecule has 0 bridgehead atoms. The molecule has 1 saturated heterocycles. The van der Waals surface area contributed by atoms with Gasteiger partial charge in [0.25, 0.3) is 0 Å². The van der Waals surface area contributed by atoms with E-state index in [1.165, 1.54) is 0 Å². The fraction of sp³-hybridized carbons (Fsp3) is 0.417. The smallest absolute Gasteiger partial charge is 0.236 e. The van der Waals surface area contributed by atoms with Gasteiger partial charge < -0.3 is 4.90 Å². The predicted molar refractivity (Wildman–Crippen MR) is 68.8 cm³/mol. The van der Waals surface area contributed by atoms with Crippen molar-refractivity contribution in [3.63, 3.8) is 0 Å². The maximum absolute atomic E-state index is 11.9. The van der Waals surface area contributed by atoms with Gasteiger partial charge in [0.1, 0.15) is 0 Å². The van der Waals surface area contributed by atoms with Crippen LogP contribution in [0.15, 0.2) is 24.3 Å². The predicted octanol–water partition coefficient (Wildman–Crippen LogP) is 3.23. The van der Waals surface area contributed by atoms with Crippen LogP contribution in [0.4, 0.5) is 0 Å². The summed E-state index contributed by atoms with van der Waals surface area (Å²) in [6, 6.07) is 7.67. The third-order valence-electron chi connectivity index (χ3n) is 2.78. The topological polar surface area (TPSA) is 20.3 Å². The SMILES string of the molecule is O=C1C(Br)CCCN1Cc1ccccc1Cl. The molecule has 1 amide bonds. The van der Waals surface area contributed by atoms with Crippen molar-refractivity contribution in [3.8, 4) is 0 Å². The van der Waals surface area contributed by atoms with E-state index in [1.807, 2.05) is 29.2 Å². The Kier molecular flexibility index (Phi) is 3.87. The number of alkyl halides is 1. The average Bonchev–Trinajstić information content (AvgIpc) is 2.28. The summed E-state index contributed by atoms with van der Waals surface area (Å²) in [6.45, 7) is 1.44. The van der Waals surface area contributed by atoms with E-state index < -0.39 is 0 Å². The van der Waals surface area contributed by atoms with Gasteiger partial charge in [-0.25, -0.2) is 0 Å². The minimum absolute atomic E-state index is 0.0243. The Bertz CT molecular complexity index is 396. The van der Waals surface area contributed by atoms with Crippen LogP contribution in [0, 0.1) is 0 Å². The summed E-state index contributed by atoms with van der Waals surface area (Å²) in [7, 11) is 0. The molecular formula is C12H13BrClNO. The third-order valence-corrected chi connectivity index (χ3v) is 4.00. The molecule has 0 radical (unpaired) electrons. The van der Waals surface area contributed by atoms with Crippen LogP contribution < -0.4 is 0 Å². The highest BCUT2D eigenvalue weighted by Crippen LogP contribution is 2.23. The lowest BCUT2D eigenvalue weighted by molar-refractivity contribution is -0.133. The first-order chi connectivity index (χ1) is 7.68. The standard InChI is InChI=1S/C12H13BrClNO/c13-10-5-3-7-15(12(10)16)8-9-4-1-2-6-11(9)14/h1-2,4,6,10H,3,5,7-8H2. The lowest BCUT2D eigenvalue weighted by atomic mass is 10.1. The van der Waals surface area contributed by atoms with Crippen molar-refractivity contribution in [1.29, 1.82) is 0 Å². The summed E-state index contributed by atoms with van der Waals surface area (Å²) in [5.74, 6) is 0.172. The summed E-state index contributed by atoms with van der Waals surface area (Å²) >= 11 is 9.48. The number of hydrogen-bond donors (Lipinski definition) is 0. The van der Waals surface area contributed by atoms with Crippen LogP contribution >= 0.6 is 27.5 Å². The largest absolute Gasteiger partial charge is 0.337 e. The summed E-state index contributed by atoms with van der Waals surface area (Å²) in [5.41, 5.74) is 1.01. The number of halogens is 2. The van der Waals surface area contributed by atoms with Gasteiger partial charge in [-0.15, -0.1) is 0 Å². The minimum atomic E-state index is -0.0243. The van der Waals surface area contributed by atoms with Crippen LogP contribution in [0.1, 0.15) is 18.4 Å². The van der Waals surface area contributed by atoms with Gasteiger partial charge in [-0.1, -0.05) is 45.7 Å². The molecule has 16 heavy (non-hydrogen) atoms. The number of carbonyl (C=O) groups excluding carboxylic acids is 1. The molecule has 0 aromatic heterocycles. The van der Waals surface area contributed by atoms with E-state index in [9.17, 15) is 4.79 Å². The van der Waals surface area contributed by atoms with Crippen molar-refractivity contribution in [2.24, 2.45) is 0 Å². The molecule has 1 aromatic rings. The second-order valence-corrected chi connectivity index (χ2v) is 5.47. The maximum Gasteiger partial charge on any atom is 0.236 e. The molecule has 0 saturated carbocycles. The van der Waals surface area contributed by atoms with Crippen molar-refractivity contribution in [2.75, 3.05) is 6.54 Å². The van der Waals surface area contributed by atoms with Crippen molar-refractivity contribution in [2.45, 2.75) is 24.2 Å². The Hall–Kier alpha value is -0.540. The second kappa shape index (κ2) is 5.19. The highest BCUT2D eigenvalue weighted by atomic mass is 79.9. The Labute approximate surface area is 109 Å². The second-order valence-electron chi connectivity index (χ2n) is 3.96. The summed E-state index contributed by atoms with van der Waals surface area (Å²) in [5, 5.41) is 0.729. The van der Waals surface area contributed by atoms with Crippen molar-refractivity contribution < 1.29 is 4.79 Å². The highest BCUT2D eigenvalue weighted by Gasteiger charge is 2.26. The number of benzene rings is 1. The van der Waals surface area contributed by atoms with Gasteiger partial charge >= 0.3 is 0 Å². The van der Waals surface area contributed by atoms with Crippen LogP contribution in [-0.4, -0.2) is 22.2 Å².